The van der Waals surface area contributed by atoms with Crippen LogP contribution in [-0.2, 0) is 0 Å². The van der Waals surface area contributed by atoms with Crippen LogP contribution in [0.4, 0.5) is 10.1 Å². The van der Waals surface area contributed by atoms with Crippen LogP contribution in [0.5, 0.6) is 0 Å². The molecule has 0 unspecified atom stereocenters. The molecule has 0 spiro atoms. The standard InChI is InChI=1S/C11H8ClFN4O/c1-6-4-9(17-11(12)15-6)10(18)16-8-2-3-14-5-7(8)13/h2-5H,1H3,(H,14,16,18). The first kappa shape index (κ1) is 12.4. The summed E-state index contributed by atoms with van der Waals surface area (Å²) in [5, 5.41) is 2.35. The largest absolute Gasteiger partial charge is 0.318 e. The molecule has 1 amide bonds. The Labute approximate surface area is 107 Å². The van der Waals surface area contributed by atoms with Crippen molar-refractivity contribution in [3.63, 3.8) is 0 Å². The van der Waals surface area contributed by atoms with Gasteiger partial charge in [-0.05, 0) is 30.7 Å². The maximum Gasteiger partial charge on any atom is 0.274 e. The van der Waals surface area contributed by atoms with Crippen molar-refractivity contribution < 1.29 is 9.18 Å². The third-order valence-corrected chi connectivity index (χ3v) is 2.25. The number of carbonyl (C=O) groups is 1. The zero-order chi connectivity index (χ0) is 13.1. The molecule has 7 heteroatoms. The van der Waals surface area contributed by atoms with Crippen LogP contribution in [0.15, 0.2) is 24.5 Å². The van der Waals surface area contributed by atoms with Gasteiger partial charge in [-0.2, -0.15) is 0 Å². The molecule has 0 aliphatic heterocycles. The summed E-state index contributed by atoms with van der Waals surface area (Å²) in [6.45, 7) is 1.68. The number of aryl methyl sites for hydroxylation is 1. The maximum absolute atomic E-state index is 13.3. The van der Waals surface area contributed by atoms with Gasteiger partial charge in [-0.3, -0.25) is 9.78 Å². The van der Waals surface area contributed by atoms with Crippen LogP contribution in [0.1, 0.15) is 16.2 Å². The third kappa shape index (κ3) is 2.78. The Balaban J connectivity index is 2.25. The van der Waals surface area contributed by atoms with E-state index in [4.69, 9.17) is 11.6 Å². The summed E-state index contributed by atoms with van der Waals surface area (Å²) in [7, 11) is 0. The van der Waals surface area contributed by atoms with E-state index in [-0.39, 0.29) is 16.7 Å². The van der Waals surface area contributed by atoms with E-state index in [0.29, 0.717) is 5.69 Å². The second kappa shape index (κ2) is 5.05. The van der Waals surface area contributed by atoms with Gasteiger partial charge in [-0.1, -0.05) is 0 Å². The number of amides is 1. The number of hydrogen-bond acceptors (Lipinski definition) is 4. The maximum atomic E-state index is 13.3. The Morgan fingerprint density at radius 2 is 2.22 bits per heavy atom. The van der Waals surface area contributed by atoms with Crippen LogP contribution in [0.2, 0.25) is 5.28 Å². The lowest BCUT2D eigenvalue weighted by Crippen LogP contribution is -2.15. The molecule has 2 heterocycles. The van der Waals surface area contributed by atoms with E-state index in [1.54, 1.807) is 6.92 Å². The minimum absolute atomic E-state index is 0.0300. The third-order valence-electron chi connectivity index (χ3n) is 2.08. The van der Waals surface area contributed by atoms with Crippen molar-refractivity contribution in [1.29, 1.82) is 0 Å². The monoisotopic (exact) mass is 266 g/mol. The molecule has 0 aliphatic carbocycles. The van der Waals surface area contributed by atoms with Crippen LogP contribution in [0.3, 0.4) is 0 Å². The SMILES string of the molecule is Cc1cc(C(=O)Nc2ccncc2F)nc(Cl)n1. The van der Waals surface area contributed by atoms with Crippen molar-refractivity contribution in [2.45, 2.75) is 6.92 Å². The van der Waals surface area contributed by atoms with Gasteiger partial charge in [0.25, 0.3) is 5.91 Å². The molecule has 2 aromatic heterocycles. The first-order chi connectivity index (χ1) is 8.56. The molecule has 0 saturated carbocycles. The molecule has 0 bridgehead atoms. The number of anilines is 1. The molecule has 5 nitrogen and oxygen atoms in total. The first-order valence-electron chi connectivity index (χ1n) is 4.98. The van der Waals surface area contributed by atoms with Gasteiger partial charge in [0, 0.05) is 11.9 Å². The van der Waals surface area contributed by atoms with Gasteiger partial charge in [0.1, 0.15) is 5.69 Å². The smallest absolute Gasteiger partial charge is 0.274 e. The first-order valence-corrected chi connectivity index (χ1v) is 5.36. The topological polar surface area (TPSA) is 67.8 Å². The van der Waals surface area contributed by atoms with E-state index in [1.165, 1.54) is 18.3 Å². The van der Waals surface area contributed by atoms with E-state index in [1.807, 2.05) is 0 Å². The molecule has 2 aromatic rings. The summed E-state index contributed by atoms with van der Waals surface area (Å²) in [6, 6.07) is 2.81. The molecule has 2 rings (SSSR count). The van der Waals surface area contributed by atoms with E-state index < -0.39 is 11.7 Å². The summed E-state index contributed by atoms with van der Waals surface area (Å²) in [5.41, 5.74) is 0.654. The molecule has 0 atom stereocenters. The number of halogens is 2. The lowest BCUT2D eigenvalue weighted by molar-refractivity contribution is 0.102. The van der Waals surface area contributed by atoms with Crippen molar-refractivity contribution in [3.05, 3.63) is 47.0 Å². The summed E-state index contributed by atoms with van der Waals surface area (Å²) in [4.78, 5) is 23.0. The number of rotatable bonds is 2. The van der Waals surface area contributed by atoms with Gasteiger partial charge in [0.05, 0.1) is 11.9 Å². The van der Waals surface area contributed by atoms with E-state index in [2.05, 4.69) is 20.3 Å². The minimum atomic E-state index is -0.622. The number of carbonyl (C=O) groups excluding carboxylic acids is 1. The predicted octanol–water partition coefficient (Wildman–Crippen LogP) is 2.22. The van der Waals surface area contributed by atoms with Crippen molar-refractivity contribution >= 4 is 23.2 Å². The van der Waals surface area contributed by atoms with Crippen LogP contribution in [0, 0.1) is 12.7 Å². The molecule has 0 fully saturated rings. The van der Waals surface area contributed by atoms with Crippen LogP contribution >= 0.6 is 11.6 Å². The van der Waals surface area contributed by atoms with Gasteiger partial charge in [0.15, 0.2) is 5.82 Å². The van der Waals surface area contributed by atoms with Crippen molar-refractivity contribution in [2.75, 3.05) is 5.32 Å². The molecule has 0 aromatic carbocycles. The highest BCUT2D eigenvalue weighted by Gasteiger charge is 2.12. The average molecular weight is 267 g/mol. The van der Waals surface area contributed by atoms with Gasteiger partial charge < -0.3 is 5.32 Å². The Morgan fingerprint density at radius 1 is 1.44 bits per heavy atom. The molecule has 18 heavy (non-hydrogen) atoms. The number of aromatic nitrogens is 3. The van der Waals surface area contributed by atoms with Crippen LogP contribution in [-0.4, -0.2) is 20.9 Å². The molecular weight excluding hydrogens is 259 g/mol. The quantitative estimate of drug-likeness (QED) is 0.847. The number of pyridine rings is 1. The van der Waals surface area contributed by atoms with E-state index in [0.717, 1.165) is 6.20 Å². The molecular formula is C11H8ClFN4O. The highest BCUT2D eigenvalue weighted by molar-refractivity contribution is 6.28. The van der Waals surface area contributed by atoms with Crippen LogP contribution < -0.4 is 5.32 Å². The highest BCUT2D eigenvalue weighted by atomic mass is 35.5. The van der Waals surface area contributed by atoms with Crippen molar-refractivity contribution in [1.82, 2.24) is 15.0 Å². The van der Waals surface area contributed by atoms with Gasteiger partial charge in [0.2, 0.25) is 5.28 Å². The molecule has 92 valence electrons. The average Bonchev–Trinajstić information content (AvgIpc) is 2.31. The normalized spacial score (nSPS) is 10.2. The Morgan fingerprint density at radius 3 is 2.89 bits per heavy atom. The Hall–Kier alpha value is -2.08. The van der Waals surface area contributed by atoms with Crippen molar-refractivity contribution in [2.24, 2.45) is 0 Å². The van der Waals surface area contributed by atoms with Gasteiger partial charge in [-0.15, -0.1) is 0 Å². The van der Waals surface area contributed by atoms with E-state index in [9.17, 15) is 9.18 Å². The number of nitrogens with zero attached hydrogens (tertiary/aromatic N) is 3. The van der Waals surface area contributed by atoms with Crippen LogP contribution in [0.25, 0.3) is 0 Å². The fourth-order valence-electron chi connectivity index (χ4n) is 1.31. The molecule has 0 saturated heterocycles. The lowest BCUT2D eigenvalue weighted by atomic mass is 10.3. The van der Waals surface area contributed by atoms with E-state index >= 15 is 0 Å². The van der Waals surface area contributed by atoms with Gasteiger partial charge in [-0.25, -0.2) is 14.4 Å². The summed E-state index contributed by atoms with van der Waals surface area (Å²) in [6.07, 6.45) is 2.38. The predicted molar refractivity (Wildman–Crippen MR) is 63.9 cm³/mol. The lowest BCUT2D eigenvalue weighted by Gasteiger charge is -2.05. The summed E-state index contributed by atoms with van der Waals surface area (Å²) >= 11 is 5.64. The van der Waals surface area contributed by atoms with Crippen molar-refractivity contribution in [3.8, 4) is 0 Å². The van der Waals surface area contributed by atoms with Gasteiger partial charge >= 0.3 is 0 Å². The summed E-state index contributed by atoms with van der Waals surface area (Å²) in [5.74, 6) is -1.18. The number of hydrogen-bond donors (Lipinski definition) is 1. The summed E-state index contributed by atoms with van der Waals surface area (Å²) < 4.78 is 13.3. The zero-order valence-corrected chi connectivity index (χ0v) is 10.1. The number of nitrogens with one attached hydrogen (secondary N) is 1. The highest BCUT2D eigenvalue weighted by Crippen LogP contribution is 2.13. The fourth-order valence-corrected chi connectivity index (χ4v) is 1.54. The molecule has 0 radical (unpaired) electrons. The second-order valence-electron chi connectivity index (χ2n) is 3.47. The molecule has 0 aliphatic rings. The molecule has 1 N–H and O–H groups in total. The second-order valence-corrected chi connectivity index (χ2v) is 3.81. The fraction of sp³-hybridized carbons (Fsp3) is 0.0909. The minimum Gasteiger partial charge on any atom is -0.318 e. The Bertz CT molecular complexity index is 585. The zero-order valence-electron chi connectivity index (χ0n) is 9.32. The Kier molecular flexibility index (Phi) is 3.47.